The van der Waals surface area contributed by atoms with E-state index in [1.165, 1.54) is 5.56 Å². The number of hydrogen-bond acceptors (Lipinski definition) is 4. The number of amides is 2. The molecule has 0 N–H and O–H groups in total. The van der Waals surface area contributed by atoms with E-state index in [2.05, 4.69) is 11.1 Å². The summed E-state index contributed by atoms with van der Waals surface area (Å²) in [7, 11) is 1.77. The van der Waals surface area contributed by atoms with Crippen LogP contribution in [0.5, 0.6) is 0 Å². The molecule has 154 valence electrons. The Morgan fingerprint density at radius 3 is 2.93 bits per heavy atom. The molecule has 2 saturated heterocycles. The summed E-state index contributed by atoms with van der Waals surface area (Å²) in [5.74, 6) is -1.00. The third-order valence-corrected chi connectivity index (χ3v) is 6.42. The van der Waals surface area contributed by atoms with E-state index in [1.807, 2.05) is 60.4 Å². The van der Waals surface area contributed by atoms with Gasteiger partial charge in [0.25, 0.3) is 0 Å². The van der Waals surface area contributed by atoms with Crippen LogP contribution in [-0.4, -0.2) is 51.9 Å². The molecule has 1 spiro atoms. The molecule has 6 nitrogen and oxygen atoms in total. The van der Waals surface area contributed by atoms with Crippen LogP contribution in [0.15, 0.2) is 60.8 Å². The highest BCUT2D eigenvalue weighted by atomic mass is 16.5. The summed E-state index contributed by atoms with van der Waals surface area (Å²) >= 11 is 0. The monoisotopic (exact) mass is 403 g/mol. The van der Waals surface area contributed by atoms with Gasteiger partial charge in [-0.1, -0.05) is 48.0 Å². The highest BCUT2D eigenvalue weighted by molar-refractivity contribution is 5.93. The van der Waals surface area contributed by atoms with Crippen LogP contribution in [0.2, 0.25) is 0 Å². The maximum atomic E-state index is 13.4. The van der Waals surface area contributed by atoms with E-state index >= 15 is 0 Å². The molecular formula is C24H25N3O3. The topological polar surface area (TPSA) is 62.7 Å². The van der Waals surface area contributed by atoms with E-state index in [4.69, 9.17) is 4.74 Å². The zero-order valence-electron chi connectivity index (χ0n) is 17.2. The first-order valence-corrected chi connectivity index (χ1v) is 10.3. The third-order valence-electron chi connectivity index (χ3n) is 6.42. The van der Waals surface area contributed by atoms with Crippen molar-refractivity contribution in [2.45, 2.75) is 31.7 Å². The van der Waals surface area contributed by atoms with Crippen LogP contribution in [0.4, 0.5) is 0 Å². The molecule has 0 saturated carbocycles. The van der Waals surface area contributed by atoms with Crippen molar-refractivity contribution in [2.75, 3.05) is 13.6 Å². The van der Waals surface area contributed by atoms with Gasteiger partial charge in [-0.15, -0.1) is 0 Å². The number of nitrogens with zero attached hydrogens (tertiary/aromatic N) is 3. The predicted octanol–water partition coefficient (Wildman–Crippen LogP) is 2.33. The van der Waals surface area contributed by atoms with E-state index in [0.717, 1.165) is 11.3 Å². The minimum atomic E-state index is -0.683. The highest BCUT2D eigenvalue weighted by Gasteiger charge is 2.67. The average molecular weight is 403 g/mol. The summed E-state index contributed by atoms with van der Waals surface area (Å²) in [4.78, 5) is 34.5. The number of fused-ring (bicyclic) bond motifs is 1. The molecule has 3 aliphatic rings. The first kappa shape index (κ1) is 19.0. The van der Waals surface area contributed by atoms with Crippen molar-refractivity contribution in [3.8, 4) is 0 Å². The van der Waals surface area contributed by atoms with E-state index in [9.17, 15) is 9.59 Å². The van der Waals surface area contributed by atoms with Gasteiger partial charge in [-0.2, -0.15) is 0 Å². The summed E-state index contributed by atoms with van der Waals surface area (Å²) in [6, 6.07) is 13.8. The second-order valence-corrected chi connectivity index (χ2v) is 8.60. The van der Waals surface area contributed by atoms with E-state index in [1.54, 1.807) is 18.1 Å². The van der Waals surface area contributed by atoms with Crippen LogP contribution >= 0.6 is 0 Å². The van der Waals surface area contributed by atoms with Gasteiger partial charge in [0.15, 0.2) is 0 Å². The van der Waals surface area contributed by atoms with Gasteiger partial charge in [0, 0.05) is 19.8 Å². The van der Waals surface area contributed by atoms with Gasteiger partial charge in [0.1, 0.15) is 5.60 Å². The molecule has 0 unspecified atom stereocenters. The Morgan fingerprint density at radius 1 is 1.30 bits per heavy atom. The molecule has 5 rings (SSSR count). The molecule has 3 aliphatic heterocycles. The molecule has 2 fully saturated rings. The Labute approximate surface area is 176 Å². The molecule has 2 bridgehead atoms. The summed E-state index contributed by atoms with van der Waals surface area (Å²) in [5, 5.41) is 0. The first-order chi connectivity index (χ1) is 14.5. The molecule has 4 heterocycles. The fourth-order valence-electron chi connectivity index (χ4n) is 5.09. The van der Waals surface area contributed by atoms with Gasteiger partial charge in [-0.25, -0.2) is 0 Å². The number of hydrogen-bond donors (Lipinski definition) is 0. The summed E-state index contributed by atoms with van der Waals surface area (Å²) in [5.41, 5.74) is 2.39. The lowest BCUT2D eigenvalue weighted by Gasteiger charge is -2.27. The quantitative estimate of drug-likeness (QED) is 0.719. The van der Waals surface area contributed by atoms with Crippen molar-refractivity contribution in [1.29, 1.82) is 0 Å². The fourth-order valence-corrected chi connectivity index (χ4v) is 5.09. The number of benzene rings is 1. The largest absolute Gasteiger partial charge is 0.360 e. The van der Waals surface area contributed by atoms with Gasteiger partial charge < -0.3 is 14.5 Å². The van der Waals surface area contributed by atoms with E-state index in [-0.39, 0.29) is 17.9 Å². The van der Waals surface area contributed by atoms with Crippen molar-refractivity contribution in [1.82, 2.24) is 14.8 Å². The zero-order valence-corrected chi connectivity index (χ0v) is 17.2. The number of carbonyl (C=O) groups excluding carboxylic acids is 2. The zero-order chi connectivity index (χ0) is 20.9. The first-order valence-electron chi connectivity index (χ1n) is 10.3. The molecular weight excluding hydrogens is 378 g/mol. The Bertz CT molecular complexity index is 1020. The molecule has 0 aliphatic carbocycles. The fraction of sp³-hybridized carbons (Fsp3) is 0.375. The summed E-state index contributed by atoms with van der Waals surface area (Å²) in [6.45, 7) is 3.48. The molecule has 30 heavy (non-hydrogen) atoms. The lowest BCUT2D eigenvalue weighted by atomic mass is 9.76. The van der Waals surface area contributed by atoms with Crippen molar-refractivity contribution >= 4 is 11.8 Å². The van der Waals surface area contributed by atoms with Gasteiger partial charge in [-0.05, 0) is 24.6 Å². The number of aromatic nitrogens is 1. The number of pyridine rings is 1. The van der Waals surface area contributed by atoms with Crippen LogP contribution in [0.25, 0.3) is 0 Å². The second kappa shape index (κ2) is 7.06. The van der Waals surface area contributed by atoms with Crippen molar-refractivity contribution in [2.24, 2.45) is 11.8 Å². The number of rotatable bonds is 5. The molecule has 1 aromatic carbocycles. The molecule has 0 radical (unpaired) electrons. The van der Waals surface area contributed by atoms with Gasteiger partial charge in [0.2, 0.25) is 11.8 Å². The molecule has 2 aromatic rings. The van der Waals surface area contributed by atoms with Gasteiger partial charge in [-0.3, -0.25) is 14.6 Å². The van der Waals surface area contributed by atoms with Crippen molar-refractivity contribution in [3.05, 3.63) is 77.6 Å². The van der Waals surface area contributed by atoms with Gasteiger partial charge >= 0.3 is 0 Å². The summed E-state index contributed by atoms with van der Waals surface area (Å²) < 4.78 is 6.24. The van der Waals surface area contributed by atoms with Crippen LogP contribution in [0.3, 0.4) is 0 Å². The second-order valence-electron chi connectivity index (χ2n) is 8.60. The maximum Gasteiger partial charge on any atom is 0.230 e. The van der Waals surface area contributed by atoms with Crippen LogP contribution in [0.1, 0.15) is 16.8 Å². The van der Waals surface area contributed by atoms with E-state index < -0.39 is 17.4 Å². The Kier molecular flexibility index (Phi) is 4.47. The van der Waals surface area contributed by atoms with Crippen LogP contribution in [-0.2, 0) is 27.4 Å². The Morgan fingerprint density at radius 2 is 2.17 bits per heavy atom. The number of likely N-dealkylation sites (tertiary alicyclic amines) is 1. The summed E-state index contributed by atoms with van der Waals surface area (Å²) in [6.07, 6.45) is 5.34. The predicted molar refractivity (Wildman–Crippen MR) is 111 cm³/mol. The number of ether oxygens (including phenoxy) is 1. The van der Waals surface area contributed by atoms with E-state index in [0.29, 0.717) is 19.6 Å². The van der Waals surface area contributed by atoms with Crippen molar-refractivity contribution < 1.29 is 14.3 Å². The van der Waals surface area contributed by atoms with Crippen LogP contribution in [0, 0.1) is 18.8 Å². The lowest BCUT2D eigenvalue weighted by Crippen LogP contribution is -2.44. The highest BCUT2D eigenvalue weighted by Crippen LogP contribution is 2.52. The Hall–Kier alpha value is -2.99. The standard InChI is InChI=1S/C24H25N3O3/c1-16-6-5-7-17(12-16)13-27-15-24-10-9-19(30-24)20(21(24)23(27)29)22(28)26(2)14-18-8-3-4-11-25-18/h3-12,19-21H,13-15H2,1-2H3/t19-,20-,21-,24-/m0/s1. The average Bonchev–Trinajstić information content (AvgIpc) is 3.37. The minimum Gasteiger partial charge on any atom is -0.360 e. The molecule has 2 amide bonds. The minimum absolute atomic E-state index is 0.00735. The Balaban J connectivity index is 1.36. The van der Waals surface area contributed by atoms with Gasteiger partial charge in [0.05, 0.1) is 36.7 Å². The number of carbonyl (C=O) groups is 2. The SMILES string of the molecule is Cc1cccc(CN2C[C@]34C=C[C@H](O3)[C@H](C(=O)N(C)Cc3ccccn3)[C@H]4C2=O)c1. The molecule has 4 atom stereocenters. The molecule has 6 heteroatoms. The normalized spacial score (nSPS) is 28.8. The number of aryl methyl sites for hydroxylation is 1. The maximum absolute atomic E-state index is 13.4. The lowest BCUT2D eigenvalue weighted by molar-refractivity contribution is -0.142. The van der Waals surface area contributed by atoms with Crippen molar-refractivity contribution in [3.63, 3.8) is 0 Å². The third kappa shape index (κ3) is 3.03. The molecule has 1 aromatic heterocycles. The smallest absolute Gasteiger partial charge is 0.230 e. The van der Waals surface area contributed by atoms with Crippen LogP contribution < -0.4 is 0 Å².